The molecule has 8 heteroatoms. The summed E-state index contributed by atoms with van der Waals surface area (Å²) in [6, 6.07) is 6.27. The zero-order valence-electron chi connectivity index (χ0n) is 17.1. The molecule has 1 aromatic rings. The second-order valence-electron chi connectivity index (χ2n) is 7.49. The number of carbonyl (C=O) groups excluding carboxylic acids is 1. The molecule has 1 aliphatic rings. The van der Waals surface area contributed by atoms with Crippen LogP contribution in [0.3, 0.4) is 0 Å². The van der Waals surface area contributed by atoms with Crippen molar-refractivity contribution < 1.29 is 17.9 Å². The van der Waals surface area contributed by atoms with Gasteiger partial charge in [0.2, 0.25) is 10.0 Å². The van der Waals surface area contributed by atoms with Gasteiger partial charge in [0.05, 0.1) is 11.5 Å². The summed E-state index contributed by atoms with van der Waals surface area (Å²) in [6.07, 6.45) is 4.72. The molecule has 0 bridgehead atoms. The molecule has 2 N–H and O–H groups in total. The monoisotopic (exact) mass is 411 g/mol. The number of sulfonamides is 1. The Balaban J connectivity index is 1.81. The van der Waals surface area contributed by atoms with Crippen LogP contribution in [0.2, 0.25) is 0 Å². The Kier molecular flexibility index (Phi) is 8.88. The number of nitrogens with one attached hydrogen (secondary N) is 2. The lowest BCUT2D eigenvalue weighted by Gasteiger charge is -2.33. The second kappa shape index (κ2) is 10.9. The van der Waals surface area contributed by atoms with Crippen LogP contribution < -0.4 is 10.0 Å². The van der Waals surface area contributed by atoms with Gasteiger partial charge in [-0.05, 0) is 63.9 Å². The molecule has 1 saturated heterocycles. The highest BCUT2D eigenvalue weighted by Crippen LogP contribution is 2.16. The van der Waals surface area contributed by atoms with E-state index in [1.807, 2.05) is 0 Å². The third-order valence-corrected chi connectivity index (χ3v) is 6.65. The van der Waals surface area contributed by atoms with Gasteiger partial charge in [0.1, 0.15) is 0 Å². The highest BCUT2D eigenvalue weighted by atomic mass is 32.2. The van der Waals surface area contributed by atoms with Gasteiger partial charge in [-0.25, -0.2) is 13.1 Å². The molecule has 28 heavy (non-hydrogen) atoms. The number of ether oxygens (including phenoxy) is 1. The molecule has 1 aromatic carbocycles. The van der Waals surface area contributed by atoms with Crippen molar-refractivity contribution in [3.8, 4) is 0 Å². The quantitative estimate of drug-likeness (QED) is 0.575. The molecule has 2 rings (SSSR count). The molecule has 0 spiro atoms. The van der Waals surface area contributed by atoms with E-state index in [2.05, 4.69) is 21.9 Å². The Morgan fingerprint density at radius 1 is 1.29 bits per heavy atom. The van der Waals surface area contributed by atoms with Gasteiger partial charge in [-0.2, -0.15) is 0 Å². The predicted molar refractivity (Wildman–Crippen MR) is 110 cm³/mol. The van der Waals surface area contributed by atoms with E-state index in [-0.39, 0.29) is 23.5 Å². The molecule has 7 nitrogen and oxygen atoms in total. The number of hydrogen-bond acceptors (Lipinski definition) is 5. The molecule has 1 fully saturated rings. The molecule has 0 saturated carbocycles. The molecular formula is C20H33N3O4S. The predicted octanol–water partition coefficient (Wildman–Crippen LogP) is 1.99. The van der Waals surface area contributed by atoms with Crippen molar-refractivity contribution in [2.45, 2.75) is 56.5 Å². The summed E-state index contributed by atoms with van der Waals surface area (Å²) in [5, 5.41) is 2.91. The third-order valence-electron chi connectivity index (χ3n) is 5.05. The fourth-order valence-corrected chi connectivity index (χ4v) is 4.71. The molecule has 0 aliphatic carbocycles. The van der Waals surface area contributed by atoms with Gasteiger partial charge in [0, 0.05) is 37.8 Å². The number of methoxy groups -OCH3 is 1. The number of nitrogens with zero attached hydrogens (tertiary/aromatic N) is 1. The second-order valence-corrected chi connectivity index (χ2v) is 9.21. The number of piperidine rings is 1. The first-order valence-corrected chi connectivity index (χ1v) is 11.5. The number of carbonyl (C=O) groups is 1. The smallest absolute Gasteiger partial charge is 0.251 e. The van der Waals surface area contributed by atoms with E-state index in [1.54, 1.807) is 6.92 Å². The summed E-state index contributed by atoms with van der Waals surface area (Å²) >= 11 is 0. The van der Waals surface area contributed by atoms with E-state index < -0.39 is 10.0 Å². The minimum absolute atomic E-state index is 0.131. The maximum atomic E-state index is 12.3. The summed E-state index contributed by atoms with van der Waals surface area (Å²) in [7, 11) is -2.11. The van der Waals surface area contributed by atoms with Crippen molar-refractivity contribution in [2.24, 2.45) is 0 Å². The van der Waals surface area contributed by atoms with Crippen LogP contribution in [-0.4, -0.2) is 64.7 Å². The highest BCUT2D eigenvalue weighted by Gasteiger charge is 2.19. The lowest BCUT2D eigenvalue weighted by molar-refractivity contribution is 0.0948. The van der Waals surface area contributed by atoms with Crippen LogP contribution in [-0.2, 0) is 14.8 Å². The van der Waals surface area contributed by atoms with E-state index in [9.17, 15) is 13.2 Å². The molecule has 0 unspecified atom stereocenters. The van der Waals surface area contributed by atoms with Gasteiger partial charge < -0.3 is 15.0 Å². The van der Waals surface area contributed by atoms with Crippen molar-refractivity contribution >= 4 is 15.9 Å². The van der Waals surface area contributed by atoms with Gasteiger partial charge in [-0.1, -0.05) is 6.42 Å². The average Bonchev–Trinajstić information content (AvgIpc) is 2.66. The van der Waals surface area contributed by atoms with Crippen molar-refractivity contribution in [1.29, 1.82) is 0 Å². The molecule has 1 heterocycles. The first-order valence-electron chi connectivity index (χ1n) is 9.97. The SMILES string of the molecule is COC[C@H](C)NS(=O)(=O)c1ccc(C(=O)NCCCN2CCCC[C@@H]2C)cc1. The largest absolute Gasteiger partial charge is 0.383 e. The summed E-state index contributed by atoms with van der Waals surface area (Å²) in [5.41, 5.74) is 0.454. The molecule has 1 aliphatic heterocycles. The van der Waals surface area contributed by atoms with Crippen LogP contribution in [0.15, 0.2) is 29.2 Å². The van der Waals surface area contributed by atoms with E-state index in [4.69, 9.17) is 4.74 Å². The van der Waals surface area contributed by atoms with Crippen LogP contribution >= 0.6 is 0 Å². The lowest BCUT2D eigenvalue weighted by atomic mass is 10.0. The topological polar surface area (TPSA) is 87.7 Å². The maximum absolute atomic E-state index is 12.3. The minimum atomic E-state index is -3.63. The standard InChI is InChI=1S/C20H33N3O4S/c1-16(15-27-3)22-28(25,26)19-10-8-18(9-11-19)20(24)21-12-6-14-23-13-5-4-7-17(23)2/h8-11,16-17,22H,4-7,12-15H2,1-3H3,(H,21,24)/t16-,17-/m0/s1. The summed E-state index contributed by atoms with van der Waals surface area (Å²) in [6.45, 7) is 7.02. The van der Waals surface area contributed by atoms with Crippen molar-refractivity contribution in [3.63, 3.8) is 0 Å². The highest BCUT2D eigenvalue weighted by molar-refractivity contribution is 7.89. The zero-order valence-corrected chi connectivity index (χ0v) is 17.9. The van der Waals surface area contributed by atoms with Gasteiger partial charge in [-0.15, -0.1) is 0 Å². The average molecular weight is 412 g/mol. The summed E-state index contributed by atoms with van der Waals surface area (Å²) in [5.74, 6) is -0.184. The molecule has 0 aromatic heterocycles. The molecule has 158 valence electrons. The number of likely N-dealkylation sites (tertiary alicyclic amines) is 1. The van der Waals surface area contributed by atoms with E-state index in [1.165, 1.54) is 50.6 Å². The Labute approximate surface area is 168 Å². The van der Waals surface area contributed by atoms with Crippen LogP contribution in [0.4, 0.5) is 0 Å². The van der Waals surface area contributed by atoms with Gasteiger partial charge in [0.15, 0.2) is 0 Å². The van der Waals surface area contributed by atoms with E-state index in [0.29, 0.717) is 18.2 Å². The van der Waals surface area contributed by atoms with Gasteiger partial charge in [0.25, 0.3) is 5.91 Å². The van der Waals surface area contributed by atoms with Crippen LogP contribution in [0.1, 0.15) is 49.9 Å². The minimum Gasteiger partial charge on any atom is -0.383 e. The fourth-order valence-electron chi connectivity index (χ4n) is 3.48. The molecule has 0 radical (unpaired) electrons. The molecule has 1 amide bonds. The van der Waals surface area contributed by atoms with Crippen molar-refractivity contribution in [3.05, 3.63) is 29.8 Å². The Morgan fingerprint density at radius 2 is 2.00 bits per heavy atom. The van der Waals surface area contributed by atoms with Gasteiger partial charge >= 0.3 is 0 Å². The van der Waals surface area contributed by atoms with Crippen LogP contribution in [0.5, 0.6) is 0 Å². The van der Waals surface area contributed by atoms with Crippen LogP contribution in [0.25, 0.3) is 0 Å². The van der Waals surface area contributed by atoms with Gasteiger partial charge in [-0.3, -0.25) is 4.79 Å². The normalized spacial score (nSPS) is 19.3. The summed E-state index contributed by atoms with van der Waals surface area (Å²) < 4.78 is 32.1. The van der Waals surface area contributed by atoms with E-state index >= 15 is 0 Å². The number of rotatable bonds is 10. The first kappa shape index (κ1) is 22.8. The third kappa shape index (κ3) is 6.84. The van der Waals surface area contributed by atoms with Crippen LogP contribution in [0, 0.1) is 0 Å². The van der Waals surface area contributed by atoms with E-state index in [0.717, 1.165) is 19.5 Å². The Hall–Kier alpha value is -1.48. The molecular weight excluding hydrogens is 378 g/mol. The van der Waals surface area contributed by atoms with Crippen molar-refractivity contribution in [1.82, 2.24) is 14.9 Å². The number of amides is 1. The maximum Gasteiger partial charge on any atom is 0.251 e. The number of hydrogen-bond donors (Lipinski definition) is 2. The lowest BCUT2D eigenvalue weighted by Crippen LogP contribution is -2.39. The Morgan fingerprint density at radius 3 is 2.64 bits per heavy atom. The molecule has 2 atom stereocenters. The fraction of sp³-hybridized carbons (Fsp3) is 0.650. The Bertz CT molecular complexity index is 721. The van der Waals surface area contributed by atoms with Crippen molar-refractivity contribution in [2.75, 3.05) is 33.4 Å². The summed E-state index contributed by atoms with van der Waals surface area (Å²) in [4.78, 5) is 14.9. The first-order chi connectivity index (χ1) is 13.3. The number of benzene rings is 1. The zero-order chi connectivity index (χ0) is 20.6.